The van der Waals surface area contributed by atoms with Gasteiger partial charge in [0.2, 0.25) is 0 Å². The first kappa shape index (κ1) is 13.5. The third kappa shape index (κ3) is 3.78. The summed E-state index contributed by atoms with van der Waals surface area (Å²) >= 11 is 5.21. The van der Waals surface area contributed by atoms with Crippen LogP contribution < -0.4 is 5.73 Å². The lowest BCUT2D eigenvalue weighted by molar-refractivity contribution is -0.0312. The van der Waals surface area contributed by atoms with Crippen LogP contribution in [0.15, 0.2) is 15.9 Å². The molecular formula is C13H20BrNOS. The molecule has 1 aromatic heterocycles. The fraction of sp³-hybridized carbons (Fsp3) is 0.692. The molecule has 0 aliphatic heterocycles. The summed E-state index contributed by atoms with van der Waals surface area (Å²) in [4.78, 5) is 1.23. The second-order valence-corrected chi connectivity index (χ2v) is 7.38. The summed E-state index contributed by atoms with van der Waals surface area (Å²) in [6.45, 7) is 2.89. The van der Waals surface area contributed by atoms with Crippen LogP contribution in [0.4, 0.5) is 0 Å². The quantitative estimate of drug-likeness (QED) is 0.907. The average molecular weight is 318 g/mol. The first-order valence-electron chi connectivity index (χ1n) is 6.29. The Kier molecular flexibility index (Phi) is 5.03. The van der Waals surface area contributed by atoms with Crippen LogP contribution in [-0.4, -0.2) is 12.6 Å². The molecule has 96 valence electrons. The van der Waals surface area contributed by atoms with Gasteiger partial charge in [0.05, 0.1) is 9.89 Å². The zero-order valence-electron chi connectivity index (χ0n) is 10.2. The largest absolute Gasteiger partial charge is 0.368 e. The summed E-state index contributed by atoms with van der Waals surface area (Å²) in [7, 11) is 0. The van der Waals surface area contributed by atoms with Crippen LogP contribution in [0.5, 0.6) is 0 Å². The molecular weight excluding hydrogens is 298 g/mol. The van der Waals surface area contributed by atoms with Gasteiger partial charge in [-0.3, -0.25) is 0 Å². The van der Waals surface area contributed by atoms with Gasteiger partial charge >= 0.3 is 0 Å². The van der Waals surface area contributed by atoms with E-state index >= 15 is 0 Å². The molecule has 1 aliphatic carbocycles. The highest BCUT2D eigenvalue weighted by atomic mass is 79.9. The molecule has 2 rings (SSSR count). The van der Waals surface area contributed by atoms with Crippen molar-refractivity contribution >= 4 is 27.3 Å². The van der Waals surface area contributed by atoms with Crippen LogP contribution in [0.2, 0.25) is 0 Å². The highest BCUT2D eigenvalue weighted by Gasteiger charge is 2.23. The Morgan fingerprint density at radius 2 is 2.12 bits per heavy atom. The second kappa shape index (κ2) is 6.32. The Balaban J connectivity index is 1.91. The molecule has 0 radical (unpaired) electrons. The maximum atomic E-state index is 6.15. The van der Waals surface area contributed by atoms with Crippen LogP contribution in [0, 0.1) is 5.92 Å². The first-order chi connectivity index (χ1) is 8.19. The summed E-state index contributed by atoms with van der Waals surface area (Å²) in [6.07, 6.45) is 5.42. The summed E-state index contributed by atoms with van der Waals surface area (Å²) in [5.74, 6) is 0.863. The van der Waals surface area contributed by atoms with Gasteiger partial charge in [0.25, 0.3) is 0 Å². The lowest BCUT2D eigenvalue weighted by Gasteiger charge is -2.29. The van der Waals surface area contributed by atoms with Gasteiger partial charge in [0.1, 0.15) is 6.10 Å². The van der Waals surface area contributed by atoms with Gasteiger partial charge in [-0.05, 0) is 59.7 Å². The van der Waals surface area contributed by atoms with E-state index < -0.39 is 0 Å². The Labute approximate surface area is 116 Å². The third-order valence-corrected chi connectivity index (χ3v) is 5.16. The molecule has 1 saturated carbocycles. The Bertz CT molecular complexity index is 347. The molecule has 0 aromatic carbocycles. The van der Waals surface area contributed by atoms with E-state index in [1.54, 1.807) is 11.3 Å². The maximum absolute atomic E-state index is 6.15. The van der Waals surface area contributed by atoms with E-state index in [2.05, 4.69) is 35.0 Å². The number of nitrogens with two attached hydrogens (primary N) is 1. The third-order valence-electron chi connectivity index (χ3n) is 3.45. The van der Waals surface area contributed by atoms with Crippen molar-refractivity contribution in [1.29, 1.82) is 0 Å². The van der Waals surface area contributed by atoms with Crippen molar-refractivity contribution in [3.63, 3.8) is 0 Å². The number of thiophene rings is 1. The molecule has 2 N–H and O–H groups in total. The predicted octanol–water partition coefficient (Wildman–Crippen LogP) is 4.11. The standard InChI is InChI=1S/C13H20BrNOS/c1-9-2-4-10(5-3-9)16-11(8-15)12-6-7-13(14)17-12/h6-7,9-11H,2-5,8,15H2,1H3. The Hall–Kier alpha value is 0.1000. The molecule has 0 saturated heterocycles. The number of hydrogen-bond donors (Lipinski definition) is 1. The lowest BCUT2D eigenvalue weighted by atomic mass is 9.89. The fourth-order valence-electron chi connectivity index (χ4n) is 2.34. The van der Waals surface area contributed by atoms with Gasteiger partial charge in [-0.1, -0.05) is 6.92 Å². The summed E-state index contributed by atoms with van der Waals surface area (Å²) in [5, 5.41) is 0. The molecule has 1 fully saturated rings. The van der Waals surface area contributed by atoms with Crippen molar-refractivity contribution < 1.29 is 4.74 Å². The van der Waals surface area contributed by atoms with E-state index in [9.17, 15) is 0 Å². The fourth-order valence-corrected chi connectivity index (χ4v) is 3.81. The molecule has 1 aromatic rings. The van der Waals surface area contributed by atoms with Gasteiger partial charge in [0.15, 0.2) is 0 Å². The normalized spacial score (nSPS) is 27.0. The van der Waals surface area contributed by atoms with Gasteiger partial charge < -0.3 is 10.5 Å². The van der Waals surface area contributed by atoms with E-state index in [4.69, 9.17) is 10.5 Å². The van der Waals surface area contributed by atoms with E-state index in [1.807, 2.05) is 0 Å². The minimum Gasteiger partial charge on any atom is -0.368 e. The second-order valence-electron chi connectivity index (χ2n) is 4.88. The highest BCUT2D eigenvalue weighted by Crippen LogP contribution is 2.33. The number of rotatable bonds is 4. The molecule has 17 heavy (non-hydrogen) atoms. The smallest absolute Gasteiger partial charge is 0.104 e. The topological polar surface area (TPSA) is 35.2 Å². The molecule has 1 aliphatic rings. The van der Waals surface area contributed by atoms with Crippen molar-refractivity contribution in [1.82, 2.24) is 0 Å². The average Bonchev–Trinajstić information content (AvgIpc) is 2.75. The summed E-state index contributed by atoms with van der Waals surface area (Å²) in [6, 6.07) is 4.17. The Morgan fingerprint density at radius 3 is 2.65 bits per heavy atom. The van der Waals surface area contributed by atoms with E-state index in [1.165, 1.54) is 30.6 Å². The molecule has 0 bridgehead atoms. The van der Waals surface area contributed by atoms with Crippen LogP contribution in [0.25, 0.3) is 0 Å². The number of halogens is 1. The van der Waals surface area contributed by atoms with E-state index in [0.717, 1.165) is 9.70 Å². The van der Waals surface area contributed by atoms with E-state index in [-0.39, 0.29) is 6.10 Å². The van der Waals surface area contributed by atoms with Crippen LogP contribution >= 0.6 is 27.3 Å². The molecule has 1 unspecified atom stereocenters. The zero-order chi connectivity index (χ0) is 12.3. The number of hydrogen-bond acceptors (Lipinski definition) is 3. The lowest BCUT2D eigenvalue weighted by Crippen LogP contribution is -2.25. The van der Waals surface area contributed by atoms with Crippen LogP contribution in [0.3, 0.4) is 0 Å². The SMILES string of the molecule is CC1CCC(OC(CN)c2ccc(Br)s2)CC1. The Morgan fingerprint density at radius 1 is 1.41 bits per heavy atom. The molecule has 1 heterocycles. The number of ether oxygens (including phenoxy) is 1. The monoisotopic (exact) mass is 317 g/mol. The van der Waals surface area contributed by atoms with Gasteiger partial charge in [-0.2, -0.15) is 0 Å². The van der Waals surface area contributed by atoms with Crippen molar-refractivity contribution in [2.45, 2.75) is 44.8 Å². The molecule has 0 amide bonds. The van der Waals surface area contributed by atoms with Crippen molar-refractivity contribution in [2.24, 2.45) is 11.7 Å². The van der Waals surface area contributed by atoms with Crippen LogP contribution in [0.1, 0.15) is 43.6 Å². The molecule has 2 nitrogen and oxygen atoms in total. The molecule has 4 heteroatoms. The van der Waals surface area contributed by atoms with Crippen molar-refractivity contribution in [2.75, 3.05) is 6.54 Å². The highest BCUT2D eigenvalue weighted by molar-refractivity contribution is 9.11. The zero-order valence-corrected chi connectivity index (χ0v) is 12.6. The maximum Gasteiger partial charge on any atom is 0.104 e. The van der Waals surface area contributed by atoms with Crippen LogP contribution in [-0.2, 0) is 4.74 Å². The molecule has 1 atom stereocenters. The summed E-state index contributed by atoms with van der Waals surface area (Å²) < 4.78 is 7.30. The van der Waals surface area contributed by atoms with Crippen molar-refractivity contribution in [3.8, 4) is 0 Å². The first-order valence-corrected chi connectivity index (χ1v) is 7.90. The van der Waals surface area contributed by atoms with Gasteiger partial charge in [-0.25, -0.2) is 0 Å². The summed E-state index contributed by atoms with van der Waals surface area (Å²) in [5.41, 5.74) is 5.82. The van der Waals surface area contributed by atoms with Crippen molar-refractivity contribution in [3.05, 3.63) is 20.8 Å². The van der Waals surface area contributed by atoms with Gasteiger partial charge in [0, 0.05) is 11.4 Å². The molecule has 0 spiro atoms. The predicted molar refractivity (Wildman–Crippen MR) is 76.3 cm³/mol. The minimum atomic E-state index is 0.0738. The van der Waals surface area contributed by atoms with E-state index in [0.29, 0.717) is 12.6 Å². The minimum absolute atomic E-state index is 0.0738. The van der Waals surface area contributed by atoms with Gasteiger partial charge in [-0.15, -0.1) is 11.3 Å².